The van der Waals surface area contributed by atoms with Gasteiger partial charge in [0, 0.05) is 31.3 Å². The standard InChI is InChI=1S/C22H32N4O3S/c1-5-6-11-23-21(27)19-15-30-20(25-19)14-26(12-13-29-4)22(28)24-18-9-7-17(8-10-18)16(2)3/h7-10,15-16H,5-6,11-14H2,1-4H3,(H,23,27)(H,24,28). The van der Waals surface area contributed by atoms with Crippen LogP contribution in [0.1, 0.15) is 60.6 Å². The Bertz CT molecular complexity index is 805. The van der Waals surface area contributed by atoms with E-state index in [0.29, 0.717) is 42.9 Å². The van der Waals surface area contributed by atoms with Crippen molar-refractivity contribution < 1.29 is 14.3 Å². The third-order valence-corrected chi connectivity index (χ3v) is 5.44. The van der Waals surface area contributed by atoms with Crippen LogP contribution in [0.15, 0.2) is 29.6 Å². The molecule has 0 aliphatic heterocycles. The third kappa shape index (κ3) is 7.42. The number of ether oxygens (including phenoxy) is 1. The lowest BCUT2D eigenvalue weighted by Crippen LogP contribution is -2.36. The van der Waals surface area contributed by atoms with Gasteiger partial charge in [-0.15, -0.1) is 11.3 Å². The molecule has 2 N–H and O–H groups in total. The summed E-state index contributed by atoms with van der Waals surface area (Å²) in [5, 5.41) is 8.23. The lowest BCUT2D eigenvalue weighted by atomic mass is 10.0. The van der Waals surface area contributed by atoms with Crippen molar-refractivity contribution in [2.75, 3.05) is 32.1 Å². The van der Waals surface area contributed by atoms with Crippen molar-refractivity contribution in [3.63, 3.8) is 0 Å². The number of urea groups is 1. The summed E-state index contributed by atoms with van der Waals surface area (Å²) in [4.78, 5) is 31.0. The van der Waals surface area contributed by atoms with E-state index >= 15 is 0 Å². The first-order valence-electron chi connectivity index (χ1n) is 10.3. The smallest absolute Gasteiger partial charge is 0.322 e. The van der Waals surface area contributed by atoms with Gasteiger partial charge in [-0.3, -0.25) is 4.79 Å². The van der Waals surface area contributed by atoms with Gasteiger partial charge in [0.1, 0.15) is 10.7 Å². The van der Waals surface area contributed by atoms with Crippen molar-refractivity contribution in [3.05, 3.63) is 45.9 Å². The minimum Gasteiger partial charge on any atom is -0.383 e. The summed E-state index contributed by atoms with van der Waals surface area (Å²) < 4.78 is 5.15. The maximum atomic E-state index is 12.8. The van der Waals surface area contributed by atoms with Crippen molar-refractivity contribution in [1.29, 1.82) is 0 Å². The Balaban J connectivity index is 2.01. The van der Waals surface area contributed by atoms with E-state index in [9.17, 15) is 9.59 Å². The topological polar surface area (TPSA) is 83.6 Å². The first kappa shape index (κ1) is 23.8. The first-order valence-corrected chi connectivity index (χ1v) is 11.2. The zero-order valence-electron chi connectivity index (χ0n) is 18.2. The second-order valence-electron chi connectivity index (χ2n) is 7.36. The molecule has 0 unspecified atom stereocenters. The van der Waals surface area contributed by atoms with Crippen LogP contribution in [0, 0.1) is 0 Å². The molecule has 0 radical (unpaired) electrons. The third-order valence-electron chi connectivity index (χ3n) is 4.61. The lowest BCUT2D eigenvalue weighted by molar-refractivity contribution is 0.0948. The first-order chi connectivity index (χ1) is 14.4. The highest BCUT2D eigenvalue weighted by Crippen LogP contribution is 2.18. The molecule has 164 valence electrons. The highest BCUT2D eigenvalue weighted by Gasteiger charge is 2.18. The average molecular weight is 433 g/mol. The van der Waals surface area contributed by atoms with Gasteiger partial charge < -0.3 is 20.3 Å². The van der Waals surface area contributed by atoms with Gasteiger partial charge in [0.15, 0.2) is 0 Å². The van der Waals surface area contributed by atoms with Crippen LogP contribution < -0.4 is 10.6 Å². The summed E-state index contributed by atoms with van der Waals surface area (Å²) in [7, 11) is 1.60. The number of hydrogen-bond acceptors (Lipinski definition) is 5. The van der Waals surface area contributed by atoms with Crippen molar-refractivity contribution in [3.8, 4) is 0 Å². The minimum atomic E-state index is -0.228. The van der Waals surface area contributed by atoms with E-state index in [4.69, 9.17) is 4.74 Å². The Hall–Kier alpha value is -2.45. The highest BCUT2D eigenvalue weighted by atomic mass is 32.1. The molecule has 0 atom stereocenters. The zero-order valence-corrected chi connectivity index (χ0v) is 19.1. The Morgan fingerprint density at radius 2 is 1.97 bits per heavy atom. The molecular weight excluding hydrogens is 400 g/mol. The zero-order chi connectivity index (χ0) is 21.9. The monoisotopic (exact) mass is 432 g/mol. The number of nitrogens with zero attached hydrogens (tertiary/aromatic N) is 2. The molecular formula is C22H32N4O3S. The van der Waals surface area contributed by atoms with Crippen molar-refractivity contribution in [1.82, 2.24) is 15.2 Å². The lowest BCUT2D eigenvalue weighted by Gasteiger charge is -2.22. The number of benzene rings is 1. The summed E-state index contributed by atoms with van der Waals surface area (Å²) in [5.74, 6) is 0.260. The Morgan fingerprint density at radius 3 is 2.60 bits per heavy atom. The summed E-state index contributed by atoms with van der Waals surface area (Å²) in [6.45, 7) is 8.12. The SMILES string of the molecule is CCCCNC(=O)c1csc(CN(CCOC)C(=O)Nc2ccc(C(C)C)cc2)n1. The van der Waals surface area contributed by atoms with Gasteiger partial charge in [0.25, 0.3) is 5.91 Å². The molecule has 7 nitrogen and oxygen atoms in total. The molecule has 0 bridgehead atoms. The molecule has 1 aromatic carbocycles. The van der Waals surface area contributed by atoms with E-state index in [2.05, 4.69) is 36.4 Å². The number of carbonyl (C=O) groups excluding carboxylic acids is 2. The van der Waals surface area contributed by atoms with Gasteiger partial charge in [-0.05, 0) is 30.0 Å². The molecule has 0 saturated carbocycles. The quantitative estimate of drug-likeness (QED) is 0.513. The number of aromatic nitrogens is 1. The molecule has 0 saturated heterocycles. The van der Waals surface area contributed by atoms with Crippen LogP contribution >= 0.6 is 11.3 Å². The molecule has 3 amide bonds. The van der Waals surface area contributed by atoms with Crippen LogP contribution in [-0.2, 0) is 11.3 Å². The van der Waals surface area contributed by atoms with Gasteiger partial charge in [-0.25, -0.2) is 9.78 Å². The minimum absolute atomic E-state index is 0.177. The van der Waals surface area contributed by atoms with Crippen molar-refractivity contribution in [2.24, 2.45) is 0 Å². The van der Waals surface area contributed by atoms with Crippen LogP contribution in [0.3, 0.4) is 0 Å². The van der Waals surface area contributed by atoms with E-state index in [1.807, 2.05) is 24.3 Å². The predicted molar refractivity (Wildman–Crippen MR) is 121 cm³/mol. The van der Waals surface area contributed by atoms with Crippen molar-refractivity contribution >= 4 is 29.0 Å². The largest absolute Gasteiger partial charge is 0.383 e. The second-order valence-corrected chi connectivity index (χ2v) is 8.30. The van der Waals surface area contributed by atoms with Crippen LogP contribution in [0.4, 0.5) is 10.5 Å². The van der Waals surface area contributed by atoms with Gasteiger partial charge in [-0.2, -0.15) is 0 Å². The molecule has 2 rings (SSSR count). The number of carbonyl (C=O) groups is 2. The summed E-state index contributed by atoms with van der Waals surface area (Å²) >= 11 is 1.37. The number of amides is 3. The average Bonchev–Trinajstić information content (AvgIpc) is 3.20. The van der Waals surface area contributed by atoms with Crippen LogP contribution in [0.5, 0.6) is 0 Å². The second kappa shape index (κ2) is 12.3. The molecule has 2 aromatic rings. The fourth-order valence-electron chi connectivity index (χ4n) is 2.73. The van der Waals surface area contributed by atoms with Crippen LogP contribution in [-0.4, -0.2) is 48.6 Å². The molecule has 1 aromatic heterocycles. The Kier molecular flexibility index (Phi) is 9.76. The Labute approximate surface area is 182 Å². The number of thiazole rings is 1. The Morgan fingerprint density at radius 1 is 1.23 bits per heavy atom. The van der Waals surface area contributed by atoms with E-state index in [-0.39, 0.29) is 11.9 Å². The maximum absolute atomic E-state index is 12.8. The normalized spacial score (nSPS) is 10.8. The summed E-state index contributed by atoms with van der Waals surface area (Å²) in [6.07, 6.45) is 1.96. The summed E-state index contributed by atoms with van der Waals surface area (Å²) in [5.41, 5.74) is 2.35. The number of hydrogen-bond donors (Lipinski definition) is 2. The molecule has 1 heterocycles. The highest BCUT2D eigenvalue weighted by molar-refractivity contribution is 7.09. The molecule has 0 aliphatic carbocycles. The molecule has 8 heteroatoms. The maximum Gasteiger partial charge on any atom is 0.322 e. The number of rotatable bonds is 11. The fourth-order valence-corrected chi connectivity index (χ4v) is 3.52. The molecule has 0 fully saturated rings. The van der Waals surface area contributed by atoms with E-state index in [1.165, 1.54) is 16.9 Å². The molecule has 0 spiro atoms. The van der Waals surface area contributed by atoms with Gasteiger partial charge in [0.2, 0.25) is 0 Å². The van der Waals surface area contributed by atoms with Crippen LogP contribution in [0.25, 0.3) is 0 Å². The number of anilines is 1. The van der Waals surface area contributed by atoms with Gasteiger partial charge in [-0.1, -0.05) is 39.3 Å². The van der Waals surface area contributed by atoms with E-state index in [1.54, 1.807) is 17.4 Å². The number of nitrogens with one attached hydrogen (secondary N) is 2. The number of methoxy groups -OCH3 is 1. The van der Waals surface area contributed by atoms with E-state index < -0.39 is 0 Å². The van der Waals surface area contributed by atoms with E-state index in [0.717, 1.165) is 18.5 Å². The van der Waals surface area contributed by atoms with Gasteiger partial charge in [0.05, 0.1) is 13.2 Å². The molecule has 30 heavy (non-hydrogen) atoms. The number of unbranched alkanes of at least 4 members (excludes halogenated alkanes) is 1. The molecule has 0 aliphatic rings. The van der Waals surface area contributed by atoms with Crippen LogP contribution in [0.2, 0.25) is 0 Å². The summed E-state index contributed by atoms with van der Waals surface area (Å²) in [6, 6.07) is 7.62. The fraction of sp³-hybridized carbons (Fsp3) is 0.500. The van der Waals surface area contributed by atoms with Crippen molar-refractivity contribution in [2.45, 2.75) is 46.1 Å². The predicted octanol–water partition coefficient (Wildman–Crippen LogP) is 4.48. The van der Waals surface area contributed by atoms with Gasteiger partial charge >= 0.3 is 6.03 Å².